The van der Waals surface area contributed by atoms with Gasteiger partial charge in [-0.25, -0.2) is 0 Å². The Hall–Kier alpha value is -1.45. The second-order valence-corrected chi connectivity index (χ2v) is 5.16. The van der Waals surface area contributed by atoms with Gasteiger partial charge in [0.1, 0.15) is 0 Å². The van der Waals surface area contributed by atoms with Gasteiger partial charge in [0.25, 0.3) is 0 Å². The Morgan fingerprint density at radius 3 is 2.78 bits per heavy atom. The molecule has 3 heteroatoms. The Bertz CT molecular complexity index is 534. The zero-order valence-corrected chi connectivity index (χ0v) is 10.5. The van der Waals surface area contributed by atoms with Crippen LogP contribution < -0.4 is 11.3 Å². The summed E-state index contributed by atoms with van der Waals surface area (Å²) < 4.78 is 0. The summed E-state index contributed by atoms with van der Waals surface area (Å²) in [5.74, 6) is 6.39. The minimum atomic E-state index is 0.368. The molecule has 3 N–H and O–H groups in total. The molecule has 1 unspecified atom stereocenters. The molecule has 1 atom stereocenters. The molecule has 2 aromatic rings. The van der Waals surface area contributed by atoms with E-state index < -0.39 is 0 Å². The predicted octanol–water partition coefficient (Wildman–Crippen LogP) is 2.41. The Balaban J connectivity index is 1.80. The number of nitrogens with one attached hydrogen (secondary N) is 1. The van der Waals surface area contributed by atoms with Crippen molar-refractivity contribution in [1.29, 1.82) is 0 Å². The summed E-state index contributed by atoms with van der Waals surface area (Å²) in [6.45, 7) is 0. The van der Waals surface area contributed by atoms with E-state index >= 15 is 0 Å². The van der Waals surface area contributed by atoms with Crippen LogP contribution in [0.15, 0.2) is 36.4 Å². The summed E-state index contributed by atoms with van der Waals surface area (Å²) >= 11 is 0. The van der Waals surface area contributed by atoms with E-state index in [1.54, 1.807) is 0 Å². The summed E-state index contributed by atoms with van der Waals surface area (Å²) in [5.41, 5.74) is 5.16. The van der Waals surface area contributed by atoms with Gasteiger partial charge < -0.3 is 0 Å². The van der Waals surface area contributed by atoms with Crippen LogP contribution in [0.5, 0.6) is 0 Å². The zero-order valence-electron chi connectivity index (χ0n) is 10.5. The van der Waals surface area contributed by atoms with Crippen LogP contribution in [0.1, 0.15) is 25.0 Å². The van der Waals surface area contributed by atoms with Gasteiger partial charge in [-0.3, -0.25) is 16.3 Å². The van der Waals surface area contributed by atoms with Crippen molar-refractivity contribution in [3.05, 3.63) is 42.1 Å². The maximum Gasteiger partial charge on any atom is 0.0705 e. The van der Waals surface area contributed by atoms with Gasteiger partial charge in [-0.2, -0.15) is 0 Å². The van der Waals surface area contributed by atoms with Gasteiger partial charge in [0.05, 0.1) is 5.52 Å². The lowest BCUT2D eigenvalue weighted by atomic mass is 9.78. The lowest BCUT2D eigenvalue weighted by Crippen LogP contribution is -2.45. The lowest BCUT2D eigenvalue weighted by molar-refractivity contribution is 0.228. The number of rotatable bonds is 4. The van der Waals surface area contributed by atoms with Crippen molar-refractivity contribution < 1.29 is 0 Å². The topological polar surface area (TPSA) is 50.9 Å². The van der Waals surface area contributed by atoms with Gasteiger partial charge in [0.2, 0.25) is 0 Å². The molecule has 0 bridgehead atoms. The average Bonchev–Trinajstić information content (AvgIpc) is 2.35. The molecule has 0 aliphatic heterocycles. The van der Waals surface area contributed by atoms with E-state index in [0.717, 1.165) is 23.5 Å². The summed E-state index contributed by atoms with van der Waals surface area (Å²) in [6, 6.07) is 12.9. The van der Waals surface area contributed by atoms with E-state index in [1.165, 1.54) is 24.6 Å². The molecule has 3 rings (SSSR count). The Kier molecular flexibility index (Phi) is 3.26. The van der Waals surface area contributed by atoms with Crippen molar-refractivity contribution >= 4 is 10.9 Å². The summed E-state index contributed by atoms with van der Waals surface area (Å²) in [4.78, 5) is 4.71. The molecular weight excluding hydrogens is 222 g/mol. The third-order valence-electron chi connectivity index (χ3n) is 4.02. The first kappa shape index (κ1) is 11.6. The zero-order chi connectivity index (χ0) is 12.4. The van der Waals surface area contributed by atoms with Crippen LogP contribution in [0, 0.1) is 5.92 Å². The van der Waals surface area contributed by atoms with Crippen LogP contribution >= 0.6 is 0 Å². The smallest absolute Gasteiger partial charge is 0.0705 e. The molecule has 1 aromatic carbocycles. The maximum atomic E-state index is 5.67. The molecule has 0 radical (unpaired) electrons. The number of hydrogen-bond donors (Lipinski definition) is 2. The molecule has 1 aromatic heterocycles. The first-order valence-corrected chi connectivity index (χ1v) is 6.67. The van der Waals surface area contributed by atoms with Gasteiger partial charge in [-0.1, -0.05) is 30.7 Å². The second-order valence-electron chi connectivity index (χ2n) is 5.16. The van der Waals surface area contributed by atoms with Crippen LogP contribution in [0.2, 0.25) is 0 Å². The Morgan fingerprint density at radius 1 is 1.22 bits per heavy atom. The molecule has 1 saturated carbocycles. The van der Waals surface area contributed by atoms with Crippen LogP contribution in [0.25, 0.3) is 10.9 Å². The highest BCUT2D eigenvalue weighted by atomic mass is 15.2. The largest absolute Gasteiger partial charge is 0.271 e. The quantitative estimate of drug-likeness (QED) is 0.638. The fourth-order valence-corrected chi connectivity index (χ4v) is 2.65. The van der Waals surface area contributed by atoms with Crippen molar-refractivity contribution in [3.63, 3.8) is 0 Å². The molecule has 1 fully saturated rings. The first-order valence-electron chi connectivity index (χ1n) is 6.67. The minimum Gasteiger partial charge on any atom is -0.271 e. The predicted molar refractivity (Wildman–Crippen MR) is 73.9 cm³/mol. The van der Waals surface area contributed by atoms with E-state index in [9.17, 15) is 0 Å². The molecule has 3 nitrogen and oxygen atoms in total. The van der Waals surface area contributed by atoms with Gasteiger partial charge in [-0.05, 0) is 30.9 Å². The number of hydrazine groups is 1. The van der Waals surface area contributed by atoms with Crippen LogP contribution in [0.4, 0.5) is 0 Å². The average molecular weight is 241 g/mol. The highest BCUT2D eigenvalue weighted by molar-refractivity contribution is 5.78. The van der Waals surface area contributed by atoms with Gasteiger partial charge in [-0.15, -0.1) is 0 Å². The Morgan fingerprint density at radius 2 is 2.06 bits per heavy atom. The summed E-state index contributed by atoms with van der Waals surface area (Å²) in [7, 11) is 0. The number of hydrogen-bond acceptors (Lipinski definition) is 3. The summed E-state index contributed by atoms with van der Waals surface area (Å²) in [6.07, 6.45) is 4.85. The van der Waals surface area contributed by atoms with Crippen LogP contribution in [0.3, 0.4) is 0 Å². The standard InChI is InChI=1S/C15H19N3/c16-18-15(11-5-3-6-11)10-13-9-8-12-4-1-2-7-14(12)17-13/h1-2,4,7-9,11,15,18H,3,5-6,10,16H2. The number of nitrogens with zero attached hydrogens (tertiary/aromatic N) is 1. The van der Waals surface area contributed by atoms with Gasteiger partial charge in [0.15, 0.2) is 0 Å². The maximum absolute atomic E-state index is 5.67. The third-order valence-corrected chi connectivity index (χ3v) is 4.02. The highest BCUT2D eigenvalue weighted by Crippen LogP contribution is 2.30. The highest BCUT2D eigenvalue weighted by Gasteiger charge is 2.26. The van der Waals surface area contributed by atoms with Crippen molar-refractivity contribution in [1.82, 2.24) is 10.4 Å². The van der Waals surface area contributed by atoms with Gasteiger partial charge in [0, 0.05) is 23.5 Å². The molecule has 1 heterocycles. The number of fused-ring (bicyclic) bond motifs is 1. The minimum absolute atomic E-state index is 0.368. The molecule has 1 aliphatic carbocycles. The molecule has 94 valence electrons. The van der Waals surface area contributed by atoms with E-state index in [-0.39, 0.29) is 0 Å². The van der Waals surface area contributed by atoms with Crippen molar-refractivity contribution in [3.8, 4) is 0 Å². The molecule has 0 amide bonds. The van der Waals surface area contributed by atoms with Crippen molar-refractivity contribution in [2.24, 2.45) is 11.8 Å². The molecule has 1 aliphatic rings. The molecule has 0 saturated heterocycles. The fourth-order valence-electron chi connectivity index (χ4n) is 2.65. The number of pyridine rings is 1. The van der Waals surface area contributed by atoms with Crippen LogP contribution in [-0.4, -0.2) is 11.0 Å². The molecule has 18 heavy (non-hydrogen) atoms. The second kappa shape index (κ2) is 5.04. The SMILES string of the molecule is NNC(Cc1ccc2ccccc2n1)C1CCC1. The number of benzene rings is 1. The van der Waals surface area contributed by atoms with E-state index in [2.05, 4.69) is 29.7 Å². The number of nitrogens with two attached hydrogens (primary N) is 1. The molecular formula is C15H19N3. The van der Waals surface area contributed by atoms with E-state index in [0.29, 0.717) is 6.04 Å². The van der Waals surface area contributed by atoms with Crippen molar-refractivity contribution in [2.75, 3.05) is 0 Å². The number of para-hydroxylation sites is 1. The van der Waals surface area contributed by atoms with Crippen LogP contribution in [-0.2, 0) is 6.42 Å². The monoisotopic (exact) mass is 241 g/mol. The van der Waals surface area contributed by atoms with Gasteiger partial charge >= 0.3 is 0 Å². The first-order chi connectivity index (χ1) is 8.86. The lowest BCUT2D eigenvalue weighted by Gasteiger charge is -2.33. The van der Waals surface area contributed by atoms with E-state index in [4.69, 9.17) is 10.8 Å². The normalized spacial score (nSPS) is 17.6. The third kappa shape index (κ3) is 2.24. The Labute approximate surface area is 107 Å². The van der Waals surface area contributed by atoms with Crippen molar-refractivity contribution in [2.45, 2.75) is 31.7 Å². The summed E-state index contributed by atoms with van der Waals surface area (Å²) in [5, 5.41) is 1.20. The fraction of sp³-hybridized carbons (Fsp3) is 0.400. The number of aromatic nitrogens is 1. The molecule has 0 spiro atoms. The van der Waals surface area contributed by atoms with E-state index in [1.807, 2.05) is 12.1 Å².